The van der Waals surface area contributed by atoms with Crippen molar-refractivity contribution in [2.24, 2.45) is 5.92 Å². The fourth-order valence-electron chi connectivity index (χ4n) is 3.77. The summed E-state index contributed by atoms with van der Waals surface area (Å²) < 4.78 is 14.4. The van der Waals surface area contributed by atoms with Gasteiger partial charge in [-0.2, -0.15) is 0 Å². The van der Waals surface area contributed by atoms with E-state index in [-0.39, 0.29) is 30.7 Å². The van der Waals surface area contributed by atoms with E-state index in [1.54, 1.807) is 23.1 Å². The molecule has 2 amide bonds. The molecular formula is C29H33FN2O2. The SMILES string of the molecule is Cc1ccc(CN(C(=O)Cc2ccccc2F)[C@H](Cc2ccccc2)C(=O)NCC(C)C)cc1. The summed E-state index contributed by atoms with van der Waals surface area (Å²) in [6.45, 7) is 6.84. The summed E-state index contributed by atoms with van der Waals surface area (Å²) >= 11 is 0. The molecule has 0 aliphatic rings. The van der Waals surface area contributed by atoms with Crippen LogP contribution in [0.4, 0.5) is 4.39 Å². The highest BCUT2D eigenvalue weighted by atomic mass is 19.1. The van der Waals surface area contributed by atoms with E-state index in [4.69, 9.17) is 0 Å². The van der Waals surface area contributed by atoms with Crippen molar-refractivity contribution in [3.8, 4) is 0 Å². The Bertz CT molecular complexity index is 1080. The minimum atomic E-state index is -0.721. The van der Waals surface area contributed by atoms with Crippen LogP contribution in [0.5, 0.6) is 0 Å². The Labute approximate surface area is 201 Å². The largest absolute Gasteiger partial charge is 0.354 e. The first-order valence-corrected chi connectivity index (χ1v) is 11.7. The lowest BCUT2D eigenvalue weighted by Crippen LogP contribution is -2.51. The topological polar surface area (TPSA) is 49.4 Å². The second-order valence-electron chi connectivity index (χ2n) is 9.12. The summed E-state index contributed by atoms with van der Waals surface area (Å²) in [6, 6.07) is 23.1. The first-order valence-electron chi connectivity index (χ1n) is 11.7. The van der Waals surface area contributed by atoms with Crippen LogP contribution in [-0.2, 0) is 29.0 Å². The van der Waals surface area contributed by atoms with Crippen molar-refractivity contribution >= 4 is 11.8 Å². The molecule has 5 heteroatoms. The maximum atomic E-state index is 14.4. The van der Waals surface area contributed by atoms with E-state index in [2.05, 4.69) is 5.32 Å². The maximum absolute atomic E-state index is 14.4. The van der Waals surface area contributed by atoms with Crippen LogP contribution < -0.4 is 5.32 Å². The van der Waals surface area contributed by atoms with Crippen LogP contribution in [-0.4, -0.2) is 29.3 Å². The number of halogens is 1. The molecule has 3 rings (SSSR count). The highest BCUT2D eigenvalue weighted by Crippen LogP contribution is 2.18. The smallest absolute Gasteiger partial charge is 0.243 e. The average Bonchev–Trinajstić information content (AvgIpc) is 2.83. The van der Waals surface area contributed by atoms with Crippen LogP contribution in [0.3, 0.4) is 0 Å². The third-order valence-electron chi connectivity index (χ3n) is 5.73. The zero-order valence-electron chi connectivity index (χ0n) is 20.1. The van der Waals surface area contributed by atoms with E-state index in [0.717, 1.165) is 16.7 Å². The number of carbonyl (C=O) groups is 2. The minimum Gasteiger partial charge on any atom is -0.354 e. The van der Waals surface area contributed by atoms with Crippen molar-refractivity contribution < 1.29 is 14.0 Å². The Balaban J connectivity index is 1.96. The number of amides is 2. The van der Waals surface area contributed by atoms with Gasteiger partial charge in [-0.3, -0.25) is 9.59 Å². The van der Waals surface area contributed by atoms with Gasteiger partial charge in [0, 0.05) is 19.5 Å². The molecule has 0 heterocycles. The number of hydrogen-bond donors (Lipinski definition) is 1. The number of carbonyl (C=O) groups excluding carboxylic acids is 2. The van der Waals surface area contributed by atoms with Crippen LogP contribution in [0.15, 0.2) is 78.9 Å². The summed E-state index contributed by atoms with van der Waals surface area (Å²) in [5.41, 5.74) is 3.31. The lowest BCUT2D eigenvalue weighted by Gasteiger charge is -2.32. The summed E-state index contributed by atoms with van der Waals surface area (Å²) in [7, 11) is 0. The van der Waals surface area contributed by atoms with Gasteiger partial charge in [0.05, 0.1) is 6.42 Å². The van der Waals surface area contributed by atoms with Crippen LogP contribution in [0.25, 0.3) is 0 Å². The average molecular weight is 461 g/mol. The Morgan fingerprint density at radius 1 is 0.882 bits per heavy atom. The van der Waals surface area contributed by atoms with Crippen molar-refractivity contribution in [3.05, 3.63) is 107 Å². The van der Waals surface area contributed by atoms with Crippen molar-refractivity contribution in [3.63, 3.8) is 0 Å². The number of nitrogens with one attached hydrogen (secondary N) is 1. The zero-order valence-corrected chi connectivity index (χ0v) is 20.1. The van der Waals surface area contributed by atoms with Gasteiger partial charge < -0.3 is 10.2 Å². The monoisotopic (exact) mass is 460 g/mol. The molecule has 0 fully saturated rings. The van der Waals surface area contributed by atoms with Crippen molar-refractivity contribution in [1.82, 2.24) is 10.2 Å². The fourth-order valence-corrected chi connectivity index (χ4v) is 3.77. The van der Waals surface area contributed by atoms with Crippen LogP contribution in [0.2, 0.25) is 0 Å². The van der Waals surface area contributed by atoms with Crippen LogP contribution in [0.1, 0.15) is 36.1 Å². The number of aryl methyl sites for hydroxylation is 1. The first kappa shape index (κ1) is 25.2. The normalized spacial score (nSPS) is 11.8. The predicted octanol–water partition coefficient (Wildman–Crippen LogP) is 5.09. The number of rotatable bonds is 10. The quantitative estimate of drug-likeness (QED) is 0.458. The van der Waals surface area contributed by atoms with Gasteiger partial charge in [0.2, 0.25) is 11.8 Å². The van der Waals surface area contributed by atoms with Gasteiger partial charge >= 0.3 is 0 Å². The van der Waals surface area contributed by atoms with Gasteiger partial charge in [0.1, 0.15) is 11.9 Å². The van der Waals surface area contributed by atoms with Crippen LogP contribution in [0, 0.1) is 18.7 Å². The molecule has 3 aromatic carbocycles. The first-order chi connectivity index (χ1) is 16.3. The van der Waals surface area contributed by atoms with E-state index < -0.39 is 11.9 Å². The van der Waals surface area contributed by atoms with Gasteiger partial charge in [-0.1, -0.05) is 92.2 Å². The molecule has 0 aliphatic heterocycles. The minimum absolute atomic E-state index is 0.110. The Morgan fingerprint density at radius 3 is 2.18 bits per heavy atom. The summed E-state index contributed by atoms with van der Waals surface area (Å²) in [6.07, 6.45) is 0.265. The van der Waals surface area contributed by atoms with Crippen molar-refractivity contribution in [2.45, 2.75) is 46.2 Å². The van der Waals surface area contributed by atoms with Gasteiger partial charge in [0.15, 0.2) is 0 Å². The zero-order chi connectivity index (χ0) is 24.5. The molecule has 3 aromatic rings. The molecule has 0 aliphatic carbocycles. The molecular weight excluding hydrogens is 427 g/mol. The number of benzene rings is 3. The second-order valence-corrected chi connectivity index (χ2v) is 9.12. The molecule has 34 heavy (non-hydrogen) atoms. The van der Waals surface area contributed by atoms with Gasteiger partial charge in [-0.25, -0.2) is 4.39 Å². The molecule has 0 bridgehead atoms. The van der Waals surface area contributed by atoms with Gasteiger partial charge in [0.25, 0.3) is 0 Å². The van der Waals surface area contributed by atoms with Crippen molar-refractivity contribution in [1.29, 1.82) is 0 Å². The van der Waals surface area contributed by atoms with Gasteiger partial charge in [-0.05, 0) is 35.6 Å². The third-order valence-corrected chi connectivity index (χ3v) is 5.73. The summed E-state index contributed by atoms with van der Waals surface area (Å²) in [5, 5.41) is 3.00. The van der Waals surface area contributed by atoms with Gasteiger partial charge in [-0.15, -0.1) is 0 Å². The molecule has 1 atom stereocenters. The molecule has 0 aromatic heterocycles. The fraction of sp³-hybridized carbons (Fsp3) is 0.310. The lowest BCUT2D eigenvalue weighted by molar-refractivity contribution is -0.140. The molecule has 0 saturated heterocycles. The Kier molecular flexibility index (Phi) is 8.97. The standard InChI is InChI=1S/C29H33FN2O2/c1-21(2)19-31-29(34)27(17-23-9-5-4-6-10-23)32(20-24-15-13-22(3)14-16-24)28(33)18-25-11-7-8-12-26(25)30/h4-16,21,27H,17-20H2,1-3H3,(H,31,34)/t27-/m1/s1. The van der Waals surface area contributed by atoms with Crippen molar-refractivity contribution in [2.75, 3.05) is 6.54 Å². The molecule has 0 saturated carbocycles. The molecule has 0 radical (unpaired) electrons. The Hall–Kier alpha value is -3.47. The van der Waals surface area contributed by atoms with E-state index in [9.17, 15) is 14.0 Å². The molecule has 0 unspecified atom stereocenters. The highest BCUT2D eigenvalue weighted by Gasteiger charge is 2.30. The van der Waals surface area contributed by atoms with E-state index in [1.807, 2.05) is 75.4 Å². The Morgan fingerprint density at radius 2 is 1.53 bits per heavy atom. The van der Waals surface area contributed by atoms with Crippen LogP contribution >= 0.6 is 0 Å². The van der Waals surface area contributed by atoms with E-state index >= 15 is 0 Å². The lowest BCUT2D eigenvalue weighted by atomic mass is 10.0. The number of hydrogen-bond acceptors (Lipinski definition) is 2. The molecule has 178 valence electrons. The highest BCUT2D eigenvalue weighted by molar-refractivity contribution is 5.88. The second kappa shape index (κ2) is 12.1. The molecule has 0 spiro atoms. The maximum Gasteiger partial charge on any atom is 0.243 e. The molecule has 1 N–H and O–H groups in total. The third kappa shape index (κ3) is 7.27. The summed E-state index contributed by atoms with van der Waals surface area (Å²) in [4.78, 5) is 28.6. The van der Waals surface area contributed by atoms with E-state index in [1.165, 1.54) is 6.07 Å². The molecule has 4 nitrogen and oxygen atoms in total. The summed E-state index contributed by atoms with van der Waals surface area (Å²) in [5.74, 6) is -0.631. The number of nitrogens with zero attached hydrogens (tertiary/aromatic N) is 1. The predicted molar refractivity (Wildman–Crippen MR) is 134 cm³/mol. The van der Waals surface area contributed by atoms with E-state index in [0.29, 0.717) is 18.5 Å².